The lowest BCUT2D eigenvalue weighted by molar-refractivity contribution is 0.106. The molecule has 0 unspecified atom stereocenters. The summed E-state index contributed by atoms with van der Waals surface area (Å²) in [5.41, 5.74) is 0.0839. The molecule has 0 aromatic carbocycles. The molecule has 1 heterocycles. The molecule has 0 radical (unpaired) electrons. The molecule has 3 atom stereocenters. The minimum absolute atomic E-state index is 0.0499. The Morgan fingerprint density at radius 3 is 2.71 bits per heavy atom. The van der Waals surface area contributed by atoms with Crippen molar-refractivity contribution in [2.24, 2.45) is 16.7 Å². The summed E-state index contributed by atoms with van der Waals surface area (Å²) in [6, 6.07) is 0.147. The van der Waals surface area contributed by atoms with Crippen LogP contribution >= 0.6 is 0 Å². The van der Waals surface area contributed by atoms with E-state index in [9.17, 15) is 8.42 Å². The molecule has 3 fully saturated rings. The van der Waals surface area contributed by atoms with E-state index < -0.39 is 10.0 Å². The molecule has 0 aromatic heterocycles. The van der Waals surface area contributed by atoms with Crippen LogP contribution in [0.4, 0.5) is 0 Å². The summed E-state index contributed by atoms with van der Waals surface area (Å²) in [6.45, 7) is 4.68. The predicted octanol–water partition coefficient (Wildman–Crippen LogP) is 0.819. The fraction of sp³-hybridized carbons (Fsp3) is 1.00. The lowest BCUT2D eigenvalue weighted by atomic mass is 9.69. The smallest absolute Gasteiger partial charge is 0.215 e. The van der Waals surface area contributed by atoms with Crippen LogP contribution in [0.3, 0.4) is 0 Å². The molecule has 1 saturated heterocycles. The van der Waals surface area contributed by atoms with Crippen LogP contribution in [-0.4, -0.2) is 42.8 Å². The van der Waals surface area contributed by atoms with E-state index in [2.05, 4.69) is 13.8 Å². The van der Waals surface area contributed by atoms with Gasteiger partial charge in [-0.25, -0.2) is 8.42 Å². The molecule has 1 spiro atoms. The van der Waals surface area contributed by atoms with Crippen LogP contribution in [0.5, 0.6) is 0 Å². The van der Waals surface area contributed by atoms with E-state index >= 15 is 0 Å². The van der Waals surface area contributed by atoms with Gasteiger partial charge >= 0.3 is 0 Å². The van der Waals surface area contributed by atoms with Crippen LogP contribution in [0.25, 0.3) is 0 Å². The number of fused-ring (bicyclic) bond motifs is 1. The first-order valence-electron chi connectivity index (χ1n) is 6.45. The summed E-state index contributed by atoms with van der Waals surface area (Å²) in [7, 11) is -3.15. The molecule has 3 aliphatic rings. The van der Waals surface area contributed by atoms with Gasteiger partial charge in [0.2, 0.25) is 10.0 Å². The SMILES string of the molecule is CC1(C)[C@@H]2CC[C@@]13CS(=O)(=O)N(CCO)[C@@H]3C2. The van der Waals surface area contributed by atoms with E-state index in [1.165, 1.54) is 6.42 Å². The van der Waals surface area contributed by atoms with E-state index in [0.717, 1.165) is 12.8 Å². The normalized spacial score (nSPS) is 46.3. The van der Waals surface area contributed by atoms with E-state index in [1.807, 2.05) is 0 Å². The number of rotatable bonds is 2. The Bertz CT molecular complexity index is 445. The van der Waals surface area contributed by atoms with Crippen molar-refractivity contribution in [3.8, 4) is 0 Å². The van der Waals surface area contributed by atoms with Crippen molar-refractivity contribution < 1.29 is 13.5 Å². The Morgan fingerprint density at radius 1 is 1.41 bits per heavy atom. The maximum Gasteiger partial charge on any atom is 0.215 e. The van der Waals surface area contributed by atoms with Gasteiger partial charge in [-0.3, -0.25) is 0 Å². The van der Waals surface area contributed by atoms with Crippen LogP contribution in [0.1, 0.15) is 33.1 Å². The number of hydrogen-bond donors (Lipinski definition) is 1. The van der Waals surface area contributed by atoms with Crippen LogP contribution in [0.2, 0.25) is 0 Å². The zero-order valence-corrected chi connectivity index (χ0v) is 11.3. The number of aliphatic hydroxyl groups excluding tert-OH is 1. The molecule has 17 heavy (non-hydrogen) atoms. The van der Waals surface area contributed by atoms with Crippen molar-refractivity contribution in [2.75, 3.05) is 18.9 Å². The summed E-state index contributed by atoms with van der Waals surface area (Å²) in [6.07, 6.45) is 3.20. The molecule has 1 aliphatic heterocycles. The lowest BCUT2D eigenvalue weighted by Crippen LogP contribution is -2.42. The van der Waals surface area contributed by atoms with Gasteiger partial charge in [0.15, 0.2) is 0 Å². The van der Waals surface area contributed by atoms with E-state index in [-0.39, 0.29) is 30.0 Å². The van der Waals surface area contributed by atoms with Gasteiger partial charge in [-0.1, -0.05) is 13.8 Å². The zero-order chi connectivity index (χ0) is 12.5. The Labute approximate surface area is 103 Å². The standard InChI is InChI=1S/C12H21NO3S/c1-11(2)9-3-4-12(11)8-17(15,16)13(5-6-14)10(12)7-9/h9-10,14H,3-8H2,1-2H3/t9-,10-,12+/m1/s1. The van der Waals surface area contributed by atoms with Crippen LogP contribution in [0, 0.1) is 16.7 Å². The Morgan fingerprint density at radius 2 is 2.12 bits per heavy atom. The van der Waals surface area contributed by atoms with Gasteiger partial charge in [0.25, 0.3) is 0 Å². The first kappa shape index (κ1) is 11.9. The highest BCUT2D eigenvalue weighted by atomic mass is 32.2. The van der Waals surface area contributed by atoms with Gasteiger partial charge in [0, 0.05) is 18.0 Å². The summed E-state index contributed by atoms with van der Waals surface area (Å²) in [5, 5.41) is 9.07. The maximum absolute atomic E-state index is 12.3. The first-order chi connectivity index (χ1) is 7.85. The lowest BCUT2D eigenvalue weighted by Gasteiger charge is -2.37. The molecule has 3 rings (SSSR count). The third-order valence-electron chi connectivity index (χ3n) is 5.85. The molecular formula is C12H21NO3S. The molecule has 0 amide bonds. The van der Waals surface area contributed by atoms with Gasteiger partial charge in [-0.05, 0) is 30.6 Å². The van der Waals surface area contributed by atoms with E-state index in [1.54, 1.807) is 4.31 Å². The van der Waals surface area contributed by atoms with Crippen molar-refractivity contribution in [2.45, 2.75) is 39.2 Å². The Kier molecular flexibility index (Phi) is 2.28. The van der Waals surface area contributed by atoms with Crippen molar-refractivity contribution in [3.63, 3.8) is 0 Å². The molecule has 5 heteroatoms. The largest absolute Gasteiger partial charge is 0.395 e. The number of sulfonamides is 1. The van der Waals surface area contributed by atoms with Crippen molar-refractivity contribution in [1.82, 2.24) is 4.31 Å². The molecule has 4 nitrogen and oxygen atoms in total. The number of aliphatic hydroxyl groups is 1. The van der Waals surface area contributed by atoms with Gasteiger partial charge in [0.1, 0.15) is 0 Å². The third kappa shape index (κ3) is 1.23. The monoisotopic (exact) mass is 259 g/mol. The number of nitrogens with zero attached hydrogens (tertiary/aromatic N) is 1. The molecule has 1 N–H and O–H groups in total. The topological polar surface area (TPSA) is 57.6 Å². The fourth-order valence-corrected chi connectivity index (χ4v) is 7.33. The van der Waals surface area contributed by atoms with Gasteiger partial charge in [0.05, 0.1) is 12.4 Å². The van der Waals surface area contributed by atoms with Crippen molar-refractivity contribution in [1.29, 1.82) is 0 Å². The molecule has 98 valence electrons. The van der Waals surface area contributed by atoms with Crippen molar-refractivity contribution >= 4 is 10.0 Å². The summed E-state index contributed by atoms with van der Waals surface area (Å²) >= 11 is 0. The van der Waals surface area contributed by atoms with Crippen molar-refractivity contribution in [3.05, 3.63) is 0 Å². The Hall–Kier alpha value is -0.130. The molecular weight excluding hydrogens is 238 g/mol. The second-order valence-electron chi connectivity index (χ2n) is 6.46. The Balaban J connectivity index is 2.06. The van der Waals surface area contributed by atoms with Crippen LogP contribution in [0.15, 0.2) is 0 Å². The summed E-state index contributed by atoms with van der Waals surface area (Å²) in [5.74, 6) is 0.956. The quantitative estimate of drug-likeness (QED) is 0.798. The van der Waals surface area contributed by atoms with E-state index in [0.29, 0.717) is 11.7 Å². The van der Waals surface area contributed by atoms with Crippen LogP contribution in [-0.2, 0) is 10.0 Å². The average molecular weight is 259 g/mol. The van der Waals surface area contributed by atoms with Gasteiger partial charge in [-0.2, -0.15) is 4.31 Å². The molecule has 0 aromatic rings. The average Bonchev–Trinajstić information content (AvgIpc) is 2.68. The van der Waals surface area contributed by atoms with Gasteiger partial charge in [-0.15, -0.1) is 0 Å². The highest BCUT2D eigenvalue weighted by molar-refractivity contribution is 7.89. The summed E-state index contributed by atoms with van der Waals surface area (Å²) < 4.78 is 26.1. The van der Waals surface area contributed by atoms with Crippen LogP contribution < -0.4 is 0 Å². The third-order valence-corrected chi connectivity index (χ3v) is 7.89. The molecule has 2 saturated carbocycles. The zero-order valence-electron chi connectivity index (χ0n) is 10.5. The minimum Gasteiger partial charge on any atom is -0.395 e. The minimum atomic E-state index is -3.15. The first-order valence-corrected chi connectivity index (χ1v) is 8.06. The van der Waals surface area contributed by atoms with Gasteiger partial charge < -0.3 is 5.11 Å². The highest BCUT2D eigenvalue weighted by Gasteiger charge is 2.71. The molecule has 2 bridgehead atoms. The fourth-order valence-electron chi connectivity index (χ4n) is 4.77. The second kappa shape index (κ2) is 3.25. The van der Waals surface area contributed by atoms with E-state index in [4.69, 9.17) is 5.11 Å². The molecule has 2 aliphatic carbocycles. The summed E-state index contributed by atoms with van der Waals surface area (Å²) in [4.78, 5) is 0. The second-order valence-corrected chi connectivity index (χ2v) is 8.38. The number of β-amino-alcohol motifs (C(OH)–C–C–N with tert-alkyl or cyclic N) is 1. The number of hydrogen-bond acceptors (Lipinski definition) is 3. The maximum atomic E-state index is 12.3. The predicted molar refractivity (Wildman–Crippen MR) is 64.9 cm³/mol. The highest BCUT2D eigenvalue weighted by Crippen LogP contribution is 2.69.